The van der Waals surface area contributed by atoms with E-state index in [9.17, 15) is 9.90 Å². The van der Waals surface area contributed by atoms with Gasteiger partial charge in [0.15, 0.2) is 0 Å². The second kappa shape index (κ2) is 7.47. The maximum absolute atomic E-state index is 12.0. The van der Waals surface area contributed by atoms with Gasteiger partial charge >= 0.3 is 0 Å². The number of aliphatic hydroxyl groups is 1. The summed E-state index contributed by atoms with van der Waals surface area (Å²) in [6.45, 7) is 0.116. The third-order valence-electron chi connectivity index (χ3n) is 3.90. The molecular formula is C17H17Cl2NO4. The highest BCUT2D eigenvalue weighted by atomic mass is 35.5. The number of halogens is 2. The van der Waals surface area contributed by atoms with E-state index in [1.807, 2.05) is 12.1 Å². The monoisotopic (exact) mass is 369 g/mol. The van der Waals surface area contributed by atoms with E-state index in [-0.39, 0.29) is 30.9 Å². The number of rotatable bonds is 7. The second-order valence-corrected chi connectivity index (χ2v) is 6.51. The Hall–Kier alpha value is -1.69. The van der Waals surface area contributed by atoms with Gasteiger partial charge in [-0.25, -0.2) is 0 Å². The lowest BCUT2D eigenvalue weighted by atomic mass is 10.2. The number of furan rings is 1. The zero-order valence-corrected chi connectivity index (χ0v) is 14.3. The number of aliphatic hydroxyl groups excluding tert-OH is 1. The van der Waals surface area contributed by atoms with E-state index in [0.717, 1.165) is 12.2 Å². The highest BCUT2D eigenvalue weighted by Gasteiger charge is 2.45. The predicted octanol–water partition coefficient (Wildman–Crippen LogP) is 3.25. The first-order valence-electron chi connectivity index (χ1n) is 7.62. The SMILES string of the molecule is O=C(NCC(O)COc1cccc(Cl)c1Cl)C1CC1c1ccco1. The first-order valence-corrected chi connectivity index (χ1v) is 8.38. The molecule has 3 unspecified atom stereocenters. The molecular weight excluding hydrogens is 353 g/mol. The number of nitrogens with one attached hydrogen (secondary N) is 1. The average molecular weight is 370 g/mol. The van der Waals surface area contributed by atoms with E-state index in [4.69, 9.17) is 32.4 Å². The van der Waals surface area contributed by atoms with Crippen LogP contribution in [0.4, 0.5) is 0 Å². The van der Waals surface area contributed by atoms with Crippen molar-refractivity contribution in [1.82, 2.24) is 5.32 Å². The maximum atomic E-state index is 12.0. The smallest absolute Gasteiger partial charge is 0.223 e. The summed E-state index contributed by atoms with van der Waals surface area (Å²) in [6.07, 6.45) is 1.53. The third-order valence-corrected chi connectivity index (χ3v) is 4.70. The molecule has 1 fully saturated rings. The van der Waals surface area contributed by atoms with Gasteiger partial charge in [-0.3, -0.25) is 4.79 Å². The first kappa shape index (κ1) is 17.1. The average Bonchev–Trinajstić information content (AvgIpc) is 3.19. The minimum absolute atomic E-state index is 0.00657. The van der Waals surface area contributed by atoms with Crippen LogP contribution in [0.5, 0.6) is 5.75 Å². The normalized spacial score (nSPS) is 20.5. The van der Waals surface area contributed by atoms with Crippen molar-refractivity contribution in [3.05, 3.63) is 52.4 Å². The molecule has 0 radical (unpaired) electrons. The lowest BCUT2D eigenvalue weighted by Crippen LogP contribution is -2.36. The van der Waals surface area contributed by atoms with Crippen LogP contribution in [-0.2, 0) is 4.79 Å². The summed E-state index contributed by atoms with van der Waals surface area (Å²) in [7, 11) is 0. The Morgan fingerprint density at radius 2 is 2.21 bits per heavy atom. The molecule has 7 heteroatoms. The van der Waals surface area contributed by atoms with Crippen molar-refractivity contribution in [1.29, 1.82) is 0 Å². The summed E-state index contributed by atoms with van der Waals surface area (Å²) in [5, 5.41) is 13.4. The molecule has 1 aliphatic rings. The quantitative estimate of drug-likeness (QED) is 0.785. The Morgan fingerprint density at radius 3 is 2.96 bits per heavy atom. The van der Waals surface area contributed by atoms with Crippen LogP contribution in [0.3, 0.4) is 0 Å². The van der Waals surface area contributed by atoms with Gasteiger partial charge in [-0.15, -0.1) is 0 Å². The summed E-state index contributed by atoms with van der Waals surface area (Å²) in [6, 6.07) is 8.70. The van der Waals surface area contributed by atoms with E-state index in [1.165, 1.54) is 0 Å². The minimum Gasteiger partial charge on any atom is -0.489 e. The van der Waals surface area contributed by atoms with E-state index in [0.29, 0.717) is 15.8 Å². The van der Waals surface area contributed by atoms with Crippen LogP contribution >= 0.6 is 23.2 Å². The van der Waals surface area contributed by atoms with Crippen molar-refractivity contribution >= 4 is 29.1 Å². The molecule has 24 heavy (non-hydrogen) atoms. The Labute approximate surface area is 149 Å². The molecule has 0 spiro atoms. The van der Waals surface area contributed by atoms with Crippen molar-refractivity contribution in [2.75, 3.05) is 13.2 Å². The molecule has 1 amide bonds. The molecule has 128 valence electrons. The third kappa shape index (κ3) is 4.04. The van der Waals surface area contributed by atoms with Crippen LogP contribution in [0.25, 0.3) is 0 Å². The highest BCUT2D eigenvalue weighted by molar-refractivity contribution is 6.42. The molecule has 1 aromatic heterocycles. The van der Waals surface area contributed by atoms with Gasteiger partial charge in [0.1, 0.15) is 29.2 Å². The van der Waals surface area contributed by atoms with Gasteiger partial charge in [-0.05, 0) is 30.7 Å². The number of ether oxygens (including phenoxy) is 1. The van der Waals surface area contributed by atoms with Crippen LogP contribution in [0.1, 0.15) is 18.1 Å². The van der Waals surface area contributed by atoms with Gasteiger partial charge in [0.05, 0.1) is 11.3 Å². The molecule has 2 aromatic rings. The number of amides is 1. The topological polar surface area (TPSA) is 71.7 Å². The van der Waals surface area contributed by atoms with Crippen molar-refractivity contribution in [2.24, 2.45) is 5.92 Å². The molecule has 1 heterocycles. The Bertz CT molecular complexity index is 705. The zero-order valence-electron chi connectivity index (χ0n) is 12.7. The molecule has 1 saturated carbocycles. The van der Waals surface area contributed by atoms with E-state index in [2.05, 4.69) is 5.32 Å². The second-order valence-electron chi connectivity index (χ2n) is 5.73. The largest absolute Gasteiger partial charge is 0.489 e. The number of hydrogen-bond acceptors (Lipinski definition) is 4. The molecule has 3 atom stereocenters. The van der Waals surface area contributed by atoms with E-state index < -0.39 is 6.10 Å². The van der Waals surface area contributed by atoms with Crippen LogP contribution in [-0.4, -0.2) is 30.3 Å². The molecule has 1 aliphatic carbocycles. The maximum Gasteiger partial charge on any atom is 0.223 e. The van der Waals surface area contributed by atoms with Crippen molar-refractivity contribution in [3.63, 3.8) is 0 Å². The van der Waals surface area contributed by atoms with Crippen LogP contribution in [0, 0.1) is 5.92 Å². The van der Waals surface area contributed by atoms with Crippen LogP contribution in [0.15, 0.2) is 41.0 Å². The number of carbonyl (C=O) groups excluding carboxylic acids is 1. The lowest BCUT2D eigenvalue weighted by Gasteiger charge is -2.14. The first-order chi connectivity index (χ1) is 11.6. The van der Waals surface area contributed by atoms with Crippen molar-refractivity contribution in [3.8, 4) is 5.75 Å². The predicted molar refractivity (Wildman–Crippen MR) is 90.5 cm³/mol. The van der Waals surface area contributed by atoms with Gasteiger partial charge in [0.25, 0.3) is 0 Å². The van der Waals surface area contributed by atoms with Crippen molar-refractivity contribution in [2.45, 2.75) is 18.4 Å². The van der Waals surface area contributed by atoms with Crippen LogP contribution in [0.2, 0.25) is 10.0 Å². The molecule has 0 saturated heterocycles. The van der Waals surface area contributed by atoms with Crippen molar-refractivity contribution < 1.29 is 19.1 Å². The number of carbonyl (C=O) groups is 1. The van der Waals surface area contributed by atoms with E-state index in [1.54, 1.807) is 24.5 Å². The van der Waals surface area contributed by atoms with Gasteiger partial charge < -0.3 is 19.6 Å². The summed E-state index contributed by atoms with van der Waals surface area (Å²) in [5.74, 6) is 1.19. The molecule has 0 bridgehead atoms. The van der Waals surface area contributed by atoms with E-state index >= 15 is 0 Å². The van der Waals surface area contributed by atoms with Gasteiger partial charge in [0.2, 0.25) is 5.91 Å². The minimum atomic E-state index is -0.843. The summed E-state index contributed by atoms with van der Waals surface area (Å²) in [4.78, 5) is 12.0. The highest BCUT2D eigenvalue weighted by Crippen LogP contribution is 2.47. The number of hydrogen-bond donors (Lipinski definition) is 2. The lowest BCUT2D eigenvalue weighted by molar-refractivity contribution is -0.123. The Balaban J connectivity index is 1.40. The fourth-order valence-corrected chi connectivity index (χ4v) is 2.84. The Kier molecular flexibility index (Phi) is 5.33. The fourth-order valence-electron chi connectivity index (χ4n) is 2.49. The standard InChI is InChI=1S/C17H17Cl2NO4/c18-13-3-1-4-15(16(13)19)24-9-10(21)8-20-17(22)12-7-11(12)14-5-2-6-23-14/h1-6,10-12,21H,7-9H2,(H,20,22). The molecule has 0 aliphatic heterocycles. The van der Waals surface area contributed by atoms with Crippen LogP contribution < -0.4 is 10.1 Å². The summed E-state index contributed by atoms with van der Waals surface area (Å²) >= 11 is 11.9. The Morgan fingerprint density at radius 1 is 1.38 bits per heavy atom. The van der Waals surface area contributed by atoms with Gasteiger partial charge in [-0.1, -0.05) is 29.3 Å². The van der Waals surface area contributed by atoms with Gasteiger partial charge in [0, 0.05) is 18.4 Å². The fraction of sp³-hybridized carbons (Fsp3) is 0.353. The summed E-state index contributed by atoms with van der Waals surface area (Å²) in [5.41, 5.74) is 0. The molecule has 2 N–H and O–H groups in total. The summed E-state index contributed by atoms with van der Waals surface area (Å²) < 4.78 is 10.7. The molecule has 5 nitrogen and oxygen atoms in total. The van der Waals surface area contributed by atoms with Gasteiger partial charge in [-0.2, -0.15) is 0 Å². The zero-order chi connectivity index (χ0) is 17.1. The number of benzene rings is 1. The molecule has 1 aromatic carbocycles. The molecule has 3 rings (SSSR count).